The molecule has 0 aliphatic rings. The molecule has 3 heteroatoms. The van der Waals surface area contributed by atoms with E-state index < -0.39 is 11.8 Å². The molecule has 0 unspecified atom stereocenters. The second-order valence-corrected chi connectivity index (χ2v) is 4.34. The molecule has 0 atom stereocenters. The first kappa shape index (κ1) is 14.5. The minimum absolute atomic E-state index is 0.443. The van der Waals surface area contributed by atoms with E-state index in [4.69, 9.17) is 0 Å². The van der Waals surface area contributed by atoms with Crippen LogP contribution in [-0.2, 0) is 9.59 Å². The van der Waals surface area contributed by atoms with Crippen molar-refractivity contribution >= 4 is 24.0 Å². The highest BCUT2D eigenvalue weighted by Crippen LogP contribution is 2.01. The van der Waals surface area contributed by atoms with Crippen molar-refractivity contribution in [3.63, 3.8) is 0 Å². The Morgan fingerprint density at radius 1 is 0.667 bits per heavy atom. The van der Waals surface area contributed by atoms with Crippen molar-refractivity contribution in [1.29, 1.82) is 0 Å². The van der Waals surface area contributed by atoms with Gasteiger partial charge in [-0.25, -0.2) is 0 Å². The second kappa shape index (κ2) is 7.60. The molecule has 2 amide bonds. The summed E-state index contributed by atoms with van der Waals surface area (Å²) >= 11 is 0. The summed E-state index contributed by atoms with van der Waals surface area (Å²) in [4.78, 5) is 23.2. The summed E-state index contributed by atoms with van der Waals surface area (Å²) in [7, 11) is 0. The normalized spacial score (nSPS) is 10.9. The maximum absolute atomic E-state index is 11.6. The molecule has 104 valence electrons. The number of hydrogen-bond acceptors (Lipinski definition) is 2. The molecule has 0 fully saturated rings. The van der Waals surface area contributed by atoms with Gasteiger partial charge in [0.1, 0.15) is 0 Å². The number of amides is 2. The van der Waals surface area contributed by atoms with Gasteiger partial charge in [-0.2, -0.15) is 0 Å². The molecule has 0 aliphatic heterocycles. The van der Waals surface area contributed by atoms with Gasteiger partial charge in [-0.05, 0) is 23.3 Å². The number of nitrogens with one attached hydrogen (secondary N) is 1. The molecule has 2 aromatic rings. The van der Waals surface area contributed by atoms with Crippen LogP contribution in [0.15, 0.2) is 72.8 Å². The Morgan fingerprint density at radius 3 is 1.43 bits per heavy atom. The number of hydrogen-bond donors (Lipinski definition) is 1. The SMILES string of the molecule is O=C(C=Cc1ccccc1)NC(=O)C=Cc1ccccc1. The zero-order chi connectivity index (χ0) is 14.9. The summed E-state index contributed by atoms with van der Waals surface area (Å²) in [5.41, 5.74) is 1.81. The molecule has 0 saturated carbocycles. The molecule has 2 rings (SSSR count). The maximum atomic E-state index is 11.6. The van der Waals surface area contributed by atoms with Crippen molar-refractivity contribution < 1.29 is 9.59 Å². The van der Waals surface area contributed by atoms with Gasteiger partial charge >= 0.3 is 0 Å². The van der Waals surface area contributed by atoms with E-state index in [0.717, 1.165) is 11.1 Å². The van der Waals surface area contributed by atoms with Crippen LogP contribution in [0.5, 0.6) is 0 Å². The third-order valence-corrected chi connectivity index (χ3v) is 2.70. The number of carbonyl (C=O) groups is 2. The van der Waals surface area contributed by atoms with Crippen LogP contribution in [0.1, 0.15) is 11.1 Å². The Labute approximate surface area is 123 Å². The molecule has 0 spiro atoms. The van der Waals surface area contributed by atoms with Gasteiger partial charge in [0.25, 0.3) is 11.8 Å². The first-order chi connectivity index (χ1) is 10.2. The summed E-state index contributed by atoms with van der Waals surface area (Å²) < 4.78 is 0. The van der Waals surface area contributed by atoms with E-state index in [1.54, 1.807) is 12.2 Å². The van der Waals surface area contributed by atoms with E-state index >= 15 is 0 Å². The Bertz CT molecular complexity index is 599. The molecule has 0 heterocycles. The van der Waals surface area contributed by atoms with Gasteiger partial charge in [-0.1, -0.05) is 60.7 Å². The Hall–Kier alpha value is -2.94. The average Bonchev–Trinajstić information content (AvgIpc) is 2.53. The topological polar surface area (TPSA) is 46.2 Å². The zero-order valence-corrected chi connectivity index (χ0v) is 11.4. The highest BCUT2D eigenvalue weighted by atomic mass is 16.2. The standard InChI is InChI=1S/C18H15NO2/c20-17(13-11-15-7-3-1-4-8-15)19-18(21)14-12-16-9-5-2-6-10-16/h1-14H,(H,19,20,21). The van der Waals surface area contributed by atoms with Crippen LogP contribution in [0.3, 0.4) is 0 Å². The monoisotopic (exact) mass is 277 g/mol. The van der Waals surface area contributed by atoms with Crippen molar-refractivity contribution in [3.8, 4) is 0 Å². The maximum Gasteiger partial charge on any atom is 0.250 e. The third-order valence-electron chi connectivity index (χ3n) is 2.70. The van der Waals surface area contributed by atoms with Gasteiger partial charge in [0.15, 0.2) is 0 Å². The lowest BCUT2D eigenvalue weighted by molar-refractivity contribution is -0.125. The molecule has 0 radical (unpaired) electrons. The Morgan fingerprint density at radius 2 is 1.05 bits per heavy atom. The fourth-order valence-electron chi connectivity index (χ4n) is 1.68. The predicted octanol–water partition coefficient (Wildman–Crippen LogP) is 3.06. The summed E-state index contributed by atoms with van der Waals surface area (Å²) in [5, 5.41) is 2.27. The van der Waals surface area contributed by atoms with Crippen LogP contribution >= 0.6 is 0 Å². The molecular weight excluding hydrogens is 262 g/mol. The van der Waals surface area contributed by atoms with E-state index in [9.17, 15) is 9.59 Å². The van der Waals surface area contributed by atoms with Crippen LogP contribution in [0.25, 0.3) is 12.2 Å². The average molecular weight is 277 g/mol. The smallest absolute Gasteiger partial charge is 0.250 e. The van der Waals surface area contributed by atoms with Crippen LogP contribution in [0.4, 0.5) is 0 Å². The zero-order valence-electron chi connectivity index (χ0n) is 11.4. The van der Waals surface area contributed by atoms with Crippen LogP contribution < -0.4 is 5.32 Å². The van der Waals surface area contributed by atoms with E-state index in [1.165, 1.54) is 12.2 Å². The number of benzene rings is 2. The Balaban J connectivity index is 1.87. The highest BCUT2D eigenvalue weighted by Gasteiger charge is 2.00. The molecular formula is C18H15NO2. The summed E-state index contributed by atoms with van der Waals surface area (Å²) in [6.07, 6.45) is 5.99. The van der Waals surface area contributed by atoms with E-state index in [2.05, 4.69) is 5.32 Å². The van der Waals surface area contributed by atoms with Gasteiger partial charge in [-0.3, -0.25) is 14.9 Å². The summed E-state index contributed by atoms with van der Waals surface area (Å²) in [6, 6.07) is 18.8. The molecule has 2 aromatic carbocycles. The van der Waals surface area contributed by atoms with E-state index in [-0.39, 0.29) is 0 Å². The minimum Gasteiger partial charge on any atom is -0.289 e. The van der Waals surface area contributed by atoms with Gasteiger partial charge in [-0.15, -0.1) is 0 Å². The van der Waals surface area contributed by atoms with E-state index in [0.29, 0.717) is 0 Å². The van der Waals surface area contributed by atoms with Crippen molar-refractivity contribution in [3.05, 3.63) is 83.9 Å². The molecule has 0 bridgehead atoms. The van der Waals surface area contributed by atoms with E-state index in [1.807, 2.05) is 60.7 Å². The van der Waals surface area contributed by atoms with Crippen molar-refractivity contribution in [2.75, 3.05) is 0 Å². The predicted molar refractivity (Wildman–Crippen MR) is 84.1 cm³/mol. The lowest BCUT2D eigenvalue weighted by Crippen LogP contribution is -2.26. The van der Waals surface area contributed by atoms with Gasteiger partial charge in [0, 0.05) is 12.2 Å². The van der Waals surface area contributed by atoms with Gasteiger partial charge in [0.2, 0.25) is 0 Å². The largest absolute Gasteiger partial charge is 0.289 e. The summed E-state index contributed by atoms with van der Waals surface area (Å²) in [5.74, 6) is -0.886. The molecule has 1 N–H and O–H groups in total. The minimum atomic E-state index is -0.443. The summed E-state index contributed by atoms with van der Waals surface area (Å²) in [6.45, 7) is 0. The lowest BCUT2D eigenvalue weighted by atomic mass is 10.2. The quantitative estimate of drug-likeness (QED) is 0.873. The molecule has 3 nitrogen and oxygen atoms in total. The fourth-order valence-corrected chi connectivity index (χ4v) is 1.68. The van der Waals surface area contributed by atoms with Crippen molar-refractivity contribution in [1.82, 2.24) is 5.32 Å². The highest BCUT2D eigenvalue weighted by molar-refractivity contribution is 6.07. The second-order valence-electron chi connectivity index (χ2n) is 4.34. The third kappa shape index (κ3) is 5.28. The number of imide groups is 1. The van der Waals surface area contributed by atoms with Crippen molar-refractivity contribution in [2.45, 2.75) is 0 Å². The lowest BCUT2D eigenvalue weighted by Gasteiger charge is -1.96. The number of carbonyl (C=O) groups excluding carboxylic acids is 2. The first-order valence-corrected chi connectivity index (χ1v) is 6.55. The van der Waals surface area contributed by atoms with Crippen LogP contribution in [0.2, 0.25) is 0 Å². The van der Waals surface area contributed by atoms with Gasteiger partial charge in [0.05, 0.1) is 0 Å². The first-order valence-electron chi connectivity index (χ1n) is 6.55. The van der Waals surface area contributed by atoms with Crippen molar-refractivity contribution in [2.24, 2.45) is 0 Å². The van der Waals surface area contributed by atoms with Gasteiger partial charge < -0.3 is 0 Å². The molecule has 0 aliphatic carbocycles. The molecule has 0 aromatic heterocycles. The Kier molecular flexibility index (Phi) is 5.24. The molecule has 21 heavy (non-hydrogen) atoms. The number of rotatable bonds is 4. The van der Waals surface area contributed by atoms with Crippen LogP contribution in [-0.4, -0.2) is 11.8 Å². The fraction of sp³-hybridized carbons (Fsp3) is 0. The van der Waals surface area contributed by atoms with Crippen LogP contribution in [0, 0.1) is 0 Å². The molecule has 0 saturated heterocycles.